The Balaban J connectivity index is 1.43. The average molecular weight is 357 g/mol. The minimum atomic E-state index is -1.02. The molecule has 7 nitrogen and oxygen atoms in total. The highest BCUT2D eigenvalue weighted by atomic mass is 16.6. The van der Waals surface area contributed by atoms with Crippen LogP contribution in [0.4, 0.5) is 0 Å². The number of ether oxygens (including phenoxy) is 3. The molecular weight excluding hydrogens is 338 g/mol. The number of carboxylic acids is 1. The van der Waals surface area contributed by atoms with E-state index in [-0.39, 0.29) is 19.1 Å². The zero-order valence-corrected chi connectivity index (χ0v) is 14.0. The number of para-hydroxylation sites is 2. The van der Waals surface area contributed by atoms with Gasteiger partial charge in [0.05, 0.1) is 0 Å². The fraction of sp³-hybridized carbons (Fsp3) is 0.263. The first-order chi connectivity index (χ1) is 12.6. The highest BCUT2D eigenvalue weighted by Gasteiger charge is 2.26. The lowest BCUT2D eigenvalue weighted by atomic mass is 10.1. The van der Waals surface area contributed by atoms with Crippen molar-refractivity contribution in [1.29, 1.82) is 0 Å². The molecule has 0 saturated heterocycles. The molecular formula is C19H19NO6. The topological polar surface area (TPSA) is 94.1 Å². The maximum absolute atomic E-state index is 12.2. The molecule has 3 rings (SSSR count). The van der Waals surface area contributed by atoms with Crippen LogP contribution in [0.2, 0.25) is 0 Å². The van der Waals surface area contributed by atoms with Crippen LogP contribution >= 0.6 is 0 Å². The number of carbonyl (C=O) groups is 2. The van der Waals surface area contributed by atoms with Crippen molar-refractivity contribution in [2.45, 2.75) is 12.5 Å². The highest BCUT2D eigenvalue weighted by molar-refractivity contribution is 5.81. The molecule has 2 N–H and O–H groups in total. The van der Waals surface area contributed by atoms with Gasteiger partial charge in [0.2, 0.25) is 6.10 Å². The molecule has 1 aliphatic rings. The number of fused-ring (bicyclic) bond motifs is 1. The maximum Gasteiger partial charge on any atom is 0.341 e. The summed E-state index contributed by atoms with van der Waals surface area (Å²) >= 11 is 0. The molecule has 0 aromatic heterocycles. The third-order valence-corrected chi connectivity index (χ3v) is 3.80. The van der Waals surface area contributed by atoms with Gasteiger partial charge in [0.1, 0.15) is 12.4 Å². The fourth-order valence-electron chi connectivity index (χ4n) is 2.49. The zero-order chi connectivity index (χ0) is 18.4. The van der Waals surface area contributed by atoms with Crippen LogP contribution in [0.3, 0.4) is 0 Å². The molecule has 26 heavy (non-hydrogen) atoms. The van der Waals surface area contributed by atoms with E-state index >= 15 is 0 Å². The van der Waals surface area contributed by atoms with Crippen molar-refractivity contribution in [2.24, 2.45) is 0 Å². The van der Waals surface area contributed by atoms with Crippen molar-refractivity contribution >= 4 is 11.9 Å². The Morgan fingerprint density at radius 3 is 2.58 bits per heavy atom. The van der Waals surface area contributed by atoms with Crippen LogP contribution < -0.4 is 19.5 Å². The van der Waals surface area contributed by atoms with Gasteiger partial charge in [0.15, 0.2) is 18.1 Å². The predicted molar refractivity (Wildman–Crippen MR) is 92.6 cm³/mol. The van der Waals surface area contributed by atoms with E-state index in [1.54, 1.807) is 24.3 Å². The summed E-state index contributed by atoms with van der Waals surface area (Å²) in [6, 6.07) is 14.3. The summed E-state index contributed by atoms with van der Waals surface area (Å²) in [5, 5.41) is 11.4. The summed E-state index contributed by atoms with van der Waals surface area (Å²) in [7, 11) is 0. The van der Waals surface area contributed by atoms with Gasteiger partial charge in [-0.1, -0.05) is 24.3 Å². The molecule has 1 aliphatic heterocycles. The number of hydrogen-bond donors (Lipinski definition) is 2. The van der Waals surface area contributed by atoms with Gasteiger partial charge in [0, 0.05) is 6.54 Å². The van der Waals surface area contributed by atoms with Gasteiger partial charge in [-0.05, 0) is 36.2 Å². The maximum atomic E-state index is 12.2. The van der Waals surface area contributed by atoms with E-state index in [9.17, 15) is 9.59 Å². The molecule has 136 valence electrons. The highest BCUT2D eigenvalue weighted by Crippen LogP contribution is 2.30. The lowest BCUT2D eigenvalue weighted by molar-refractivity contribution is -0.139. The Morgan fingerprint density at radius 1 is 1.12 bits per heavy atom. The Labute approximate surface area is 150 Å². The standard InChI is InChI=1S/C19H19NO6/c21-18(22)12-24-14-7-5-13(6-8-14)9-10-20-19(23)17-11-25-15-3-1-2-4-16(15)26-17/h1-8,17H,9-12H2,(H,20,23)(H,21,22). The lowest BCUT2D eigenvalue weighted by Gasteiger charge is -2.25. The minimum absolute atomic E-state index is 0.179. The Bertz CT molecular complexity index is 774. The van der Waals surface area contributed by atoms with E-state index in [4.69, 9.17) is 19.3 Å². The minimum Gasteiger partial charge on any atom is -0.485 e. The molecule has 7 heteroatoms. The van der Waals surface area contributed by atoms with Crippen molar-refractivity contribution in [2.75, 3.05) is 19.8 Å². The van der Waals surface area contributed by atoms with Crippen molar-refractivity contribution in [1.82, 2.24) is 5.32 Å². The van der Waals surface area contributed by atoms with Crippen LogP contribution in [0.25, 0.3) is 0 Å². The number of nitrogens with one attached hydrogen (secondary N) is 1. The van der Waals surface area contributed by atoms with Crippen molar-refractivity contribution < 1.29 is 28.9 Å². The quantitative estimate of drug-likeness (QED) is 0.783. The Hall–Kier alpha value is -3.22. The van der Waals surface area contributed by atoms with E-state index in [1.165, 1.54) is 0 Å². The van der Waals surface area contributed by atoms with Crippen molar-refractivity contribution in [3.63, 3.8) is 0 Å². The molecule has 0 aliphatic carbocycles. The normalized spacial score (nSPS) is 15.2. The number of rotatable bonds is 7. The second kappa shape index (κ2) is 8.24. The predicted octanol–water partition coefficient (Wildman–Crippen LogP) is 1.65. The van der Waals surface area contributed by atoms with E-state index in [0.29, 0.717) is 30.2 Å². The summed E-state index contributed by atoms with van der Waals surface area (Å²) in [5.74, 6) is 0.457. The fourth-order valence-corrected chi connectivity index (χ4v) is 2.49. The van der Waals surface area contributed by atoms with E-state index in [2.05, 4.69) is 5.32 Å². The molecule has 2 aromatic rings. The van der Waals surface area contributed by atoms with Crippen LogP contribution in [0, 0.1) is 0 Å². The van der Waals surface area contributed by atoms with Crippen molar-refractivity contribution in [3.8, 4) is 17.2 Å². The van der Waals surface area contributed by atoms with Crippen LogP contribution in [-0.4, -0.2) is 42.8 Å². The van der Waals surface area contributed by atoms with Gasteiger partial charge >= 0.3 is 5.97 Å². The summed E-state index contributed by atoms with van der Waals surface area (Å²) in [4.78, 5) is 22.7. The largest absolute Gasteiger partial charge is 0.485 e. The molecule has 0 radical (unpaired) electrons. The molecule has 0 saturated carbocycles. The monoisotopic (exact) mass is 357 g/mol. The van der Waals surface area contributed by atoms with Gasteiger partial charge in [0.25, 0.3) is 5.91 Å². The number of carboxylic acid groups (broad SMARTS) is 1. The number of hydrogen-bond acceptors (Lipinski definition) is 5. The molecule has 2 aromatic carbocycles. The first kappa shape index (κ1) is 17.6. The smallest absolute Gasteiger partial charge is 0.341 e. The Kier molecular flexibility index (Phi) is 5.58. The SMILES string of the molecule is O=C(O)COc1ccc(CCNC(=O)C2COc3ccccc3O2)cc1. The number of amides is 1. The lowest BCUT2D eigenvalue weighted by Crippen LogP contribution is -2.44. The molecule has 0 fully saturated rings. The second-order valence-corrected chi connectivity index (χ2v) is 5.73. The van der Waals surface area contributed by atoms with E-state index in [1.807, 2.05) is 24.3 Å². The van der Waals surface area contributed by atoms with Gasteiger partial charge < -0.3 is 24.6 Å². The van der Waals surface area contributed by atoms with Crippen LogP contribution in [0.1, 0.15) is 5.56 Å². The third-order valence-electron chi connectivity index (χ3n) is 3.80. The van der Waals surface area contributed by atoms with Crippen LogP contribution in [0.5, 0.6) is 17.2 Å². The number of carbonyl (C=O) groups excluding carboxylic acids is 1. The first-order valence-electron chi connectivity index (χ1n) is 8.21. The summed E-state index contributed by atoms with van der Waals surface area (Å²) in [6.07, 6.45) is -0.0357. The zero-order valence-electron chi connectivity index (χ0n) is 14.0. The summed E-state index contributed by atoms with van der Waals surface area (Å²) in [6.45, 7) is 0.260. The Morgan fingerprint density at radius 2 is 1.85 bits per heavy atom. The van der Waals surface area contributed by atoms with Crippen LogP contribution in [-0.2, 0) is 16.0 Å². The molecule has 0 spiro atoms. The van der Waals surface area contributed by atoms with Gasteiger partial charge in [-0.15, -0.1) is 0 Å². The van der Waals surface area contributed by atoms with E-state index < -0.39 is 12.1 Å². The molecule has 1 unspecified atom stereocenters. The van der Waals surface area contributed by atoms with Gasteiger partial charge in [-0.2, -0.15) is 0 Å². The average Bonchev–Trinajstić information content (AvgIpc) is 2.67. The van der Waals surface area contributed by atoms with Gasteiger partial charge in [-0.3, -0.25) is 4.79 Å². The molecule has 1 atom stereocenters. The number of benzene rings is 2. The molecule has 1 heterocycles. The third kappa shape index (κ3) is 4.66. The first-order valence-corrected chi connectivity index (χ1v) is 8.21. The molecule has 1 amide bonds. The van der Waals surface area contributed by atoms with Crippen LogP contribution in [0.15, 0.2) is 48.5 Å². The molecule has 0 bridgehead atoms. The second-order valence-electron chi connectivity index (χ2n) is 5.73. The van der Waals surface area contributed by atoms with E-state index in [0.717, 1.165) is 5.56 Å². The summed E-state index contributed by atoms with van der Waals surface area (Å²) < 4.78 is 16.3. The van der Waals surface area contributed by atoms with Crippen molar-refractivity contribution in [3.05, 3.63) is 54.1 Å². The summed E-state index contributed by atoms with van der Waals surface area (Å²) in [5.41, 5.74) is 0.999. The van der Waals surface area contributed by atoms with Gasteiger partial charge in [-0.25, -0.2) is 4.79 Å². The number of aliphatic carboxylic acids is 1.